The second-order valence-corrected chi connectivity index (χ2v) is 8.38. The van der Waals surface area contributed by atoms with E-state index >= 15 is 0 Å². The van der Waals surface area contributed by atoms with Gasteiger partial charge in [0, 0.05) is 5.69 Å². The molecule has 0 unspecified atom stereocenters. The zero-order valence-electron chi connectivity index (χ0n) is 18.0. The summed E-state index contributed by atoms with van der Waals surface area (Å²) in [6.07, 6.45) is 2.52. The summed E-state index contributed by atoms with van der Waals surface area (Å²) in [6.45, 7) is 3.74. The summed E-state index contributed by atoms with van der Waals surface area (Å²) in [5, 5.41) is 3.87. The number of aromatic amines is 1. The Morgan fingerprint density at radius 3 is 2.62 bits per heavy atom. The van der Waals surface area contributed by atoms with Crippen molar-refractivity contribution >= 4 is 51.1 Å². The molecule has 0 fully saturated rings. The first-order valence-corrected chi connectivity index (χ1v) is 11.1. The Hall–Kier alpha value is -3.63. The molecule has 34 heavy (non-hydrogen) atoms. The maximum atomic E-state index is 14.1. The van der Waals surface area contributed by atoms with E-state index in [0.717, 1.165) is 5.69 Å². The number of pyridine rings is 1. The van der Waals surface area contributed by atoms with Gasteiger partial charge in [0.25, 0.3) is 5.56 Å². The zero-order valence-corrected chi connectivity index (χ0v) is 19.5. The quantitative estimate of drug-likeness (QED) is 0.335. The van der Waals surface area contributed by atoms with Crippen molar-refractivity contribution in [3.8, 4) is 5.69 Å². The first kappa shape index (κ1) is 22.2. The average molecular weight is 499 g/mol. The van der Waals surface area contributed by atoms with E-state index in [1.165, 1.54) is 10.9 Å². The lowest BCUT2D eigenvalue weighted by Gasteiger charge is -2.22. The highest BCUT2D eigenvalue weighted by Gasteiger charge is 2.24. The molecule has 0 amide bonds. The Labute approximate surface area is 202 Å². The summed E-state index contributed by atoms with van der Waals surface area (Å²) in [4.78, 5) is 37.3. The third-order valence-corrected chi connectivity index (χ3v) is 6.01. The molecule has 1 atom stereocenters. The molecule has 0 saturated carbocycles. The van der Waals surface area contributed by atoms with Crippen molar-refractivity contribution in [3.05, 3.63) is 74.8 Å². The first-order valence-electron chi connectivity index (χ1n) is 10.3. The summed E-state index contributed by atoms with van der Waals surface area (Å²) in [6, 6.07) is 6.11. The van der Waals surface area contributed by atoms with Crippen molar-refractivity contribution in [1.82, 2.24) is 34.5 Å². The molecule has 0 radical (unpaired) electrons. The van der Waals surface area contributed by atoms with E-state index < -0.39 is 17.7 Å². The molecule has 0 aliphatic rings. The molecule has 9 nitrogen and oxygen atoms in total. The summed E-state index contributed by atoms with van der Waals surface area (Å²) >= 11 is 12.8. The van der Waals surface area contributed by atoms with E-state index in [2.05, 4.69) is 30.2 Å². The van der Waals surface area contributed by atoms with Crippen molar-refractivity contribution < 1.29 is 4.39 Å². The number of fused-ring (bicyclic) bond motifs is 2. The second-order valence-electron chi connectivity index (χ2n) is 7.57. The molecule has 172 valence electrons. The van der Waals surface area contributed by atoms with Crippen LogP contribution in [0.15, 0.2) is 41.6 Å². The minimum Gasteiger partial charge on any atom is -0.358 e. The van der Waals surface area contributed by atoms with Gasteiger partial charge in [0.2, 0.25) is 0 Å². The maximum absolute atomic E-state index is 14.1. The highest BCUT2D eigenvalue weighted by molar-refractivity contribution is 6.39. The Morgan fingerprint density at radius 1 is 1.09 bits per heavy atom. The monoisotopic (exact) mass is 498 g/mol. The van der Waals surface area contributed by atoms with Crippen LogP contribution in [0.3, 0.4) is 0 Å². The highest BCUT2D eigenvalue weighted by Crippen LogP contribution is 2.30. The molecule has 0 aliphatic carbocycles. The fraction of sp³-hybridized carbons (Fsp3) is 0.182. The van der Waals surface area contributed by atoms with Crippen molar-refractivity contribution in [2.45, 2.75) is 26.3 Å². The van der Waals surface area contributed by atoms with Crippen molar-refractivity contribution in [1.29, 1.82) is 0 Å². The molecular formula is C22H17Cl2FN8O. The second kappa shape index (κ2) is 8.62. The van der Waals surface area contributed by atoms with Gasteiger partial charge in [-0.05, 0) is 37.6 Å². The Bertz CT molecular complexity index is 1600. The van der Waals surface area contributed by atoms with E-state index in [0.29, 0.717) is 23.4 Å². The molecule has 4 heterocycles. The summed E-state index contributed by atoms with van der Waals surface area (Å²) in [5.74, 6) is 0.494. The molecule has 0 aliphatic heterocycles. The summed E-state index contributed by atoms with van der Waals surface area (Å²) in [5.41, 5.74) is 1.74. The number of hydrogen-bond donors (Lipinski definition) is 2. The van der Waals surface area contributed by atoms with E-state index in [4.69, 9.17) is 28.2 Å². The molecule has 5 rings (SSSR count). The predicted octanol–water partition coefficient (Wildman–Crippen LogP) is 4.76. The molecule has 4 aromatic heterocycles. The van der Waals surface area contributed by atoms with Crippen LogP contribution >= 0.6 is 23.2 Å². The topological polar surface area (TPSA) is 114 Å². The molecule has 12 heteroatoms. The first-order chi connectivity index (χ1) is 16.4. The fourth-order valence-corrected chi connectivity index (χ4v) is 4.17. The Morgan fingerprint density at radius 2 is 1.88 bits per heavy atom. The Balaban J connectivity index is 1.77. The number of nitrogens with zero attached hydrogens (tertiary/aromatic N) is 6. The smallest absolute Gasteiger partial charge is 0.312 e. The number of hydrogen-bond acceptors (Lipinski definition) is 7. The van der Waals surface area contributed by atoms with Gasteiger partial charge in [0.1, 0.15) is 11.3 Å². The number of benzene rings is 1. The van der Waals surface area contributed by atoms with Gasteiger partial charge in [-0.1, -0.05) is 30.1 Å². The van der Waals surface area contributed by atoms with Gasteiger partial charge in [-0.2, -0.15) is 14.4 Å². The third-order valence-electron chi connectivity index (χ3n) is 5.39. The Kier molecular flexibility index (Phi) is 5.62. The number of anilines is 1. The minimum atomic E-state index is -0.921. The van der Waals surface area contributed by atoms with Crippen LogP contribution in [0.4, 0.5) is 10.2 Å². The van der Waals surface area contributed by atoms with Crippen LogP contribution in [0.1, 0.15) is 30.9 Å². The highest BCUT2D eigenvalue weighted by atomic mass is 35.5. The number of aryl methyl sites for hydroxylation is 1. The predicted molar refractivity (Wildman–Crippen MR) is 128 cm³/mol. The van der Waals surface area contributed by atoms with Gasteiger partial charge in [-0.3, -0.25) is 14.3 Å². The number of rotatable bonds is 5. The standard InChI is InChI=1S/C22H17Cl2FN8O/c1-3-14(29-19-17-18(28-9-27-17)31-22(25)32-19)20-30-16-13(24)7-6-12(23)15(16)21(34)33(20)11-5-4-10(2)26-8-11/h4-9,14H,3H2,1-2H3,(H2,27,28,29,31,32)/t14-/m0/s1. The van der Waals surface area contributed by atoms with E-state index in [-0.39, 0.29) is 32.4 Å². The van der Waals surface area contributed by atoms with Crippen molar-refractivity contribution in [2.24, 2.45) is 0 Å². The van der Waals surface area contributed by atoms with Gasteiger partial charge in [-0.15, -0.1) is 0 Å². The largest absolute Gasteiger partial charge is 0.358 e. The number of aromatic nitrogens is 7. The third kappa shape index (κ3) is 3.74. The van der Waals surface area contributed by atoms with Gasteiger partial charge in [0.05, 0.1) is 45.2 Å². The molecule has 2 N–H and O–H groups in total. The van der Waals surface area contributed by atoms with Crippen LogP contribution in [0.5, 0.6) is 0 Å². The lowest BCUT2D eigenvalue weighted by Crippen LogP contribution is -2.28. The van der Waals surface area contributed by atoms with Crippen LogP contribution in [0.25, 0.3) is 27.8 Å². The number of imidazole rings is 1. The summed E-state index contributed by atoms with van der Waals surface area (Å²) < 4.78 is 15.5. The SMILES string of the molecule is CC[C@H](Nc1nc(F)nc2[nH]cnc12)c1nc2c(Cl)ccc(Cl)c2c(=O)n1-c1ccc(C)nc1. The summed E-state index contributed by atoms with van der Waals surface area (Å²) in [7, 11) is 0. The van der Waals surface area contributed by atoms with Crippen molar-refractivity contribution in [2.75, 3.05) is 5.32 Å². The van der Waals surface area contributed by atoms with Gasteiger partial charge >= 0.3 is 6.08 Å². The molecule has 0 saturated heterocycles. The van der Waals surface area contributed by atoms with Crippen LogP contribution in [0, 0.1) is 13.0 Å². The van der Waals surface area contributed by atoms with Gasteiger partial charge in [-0.25, -0.2) is 9.97 Å². The number of halogens is 3. The van der Waals surface area contributed by atoms with Crippen LogP contribution in [-0.4, -0.2) is 34.5 Å². The number of H-pyrrole nitrogens is 1. The lowest BCUT2D eigenvalue weighted by molar-refractivity contribution is 0.543. The van der Waals surface area contributed by atoms with Crippen molar-refractivity contribution in [3.63, 3.8) is 0 Å². The molecule has 1 aromatic carbocycles. The van der Waals surface area contributed by atoms with E-state index in [1.807, 2.05) is 13.8 Å². The minimum absolute atomic E-state index is 0.163. The number of nitrogens with one attached hydrogen (secondary N) is 2. The normalized spacial score (nSPS) is 12.4. The molecule has 5 aromatic rings. The fourth-order valence-electron chi connectivity index (χ4n) is 3.73. The maximum Gasteiger partial charge on any atom is 0.312 e. The van der Waals surface area contributed by atoms with Gasteiger partial charge in [0.15, 0.2) is 11.5 Å². The molecule has 0 spiro atoms. The van der Waals surface area contributed by atoms with E-state index in [9.17, 15) is 9.18 Å². The molecular weight excluding hydrogens is 482 g/mol. The lowest BCUT2D eigenvalue weighted by atomic mass is 10.1. The van der Waals surface area contributed by atoms with Gasteiger partial charge < -0.3 is 10.3 Å². The van der Waals surface area contributed by atoms with Crippen LogP contribution in [-0.2, 0) is 0 Å². The molecule has 0 bridgehead atoms. The van der Waals surface area contributed by atoms with Crippen LogP contribution in [0.2, 0.25) is 10.0 Å². The zero-order chi connectivity index (χ0) is 24.0. The average Bonchev–Trinajstić information content (AvgIpc) is 3.29. The van der Waals surface area contributed by atoms with Crippen LogP contribution < -0.4 is 10.9 Å². The van der Waals surface area contributed by atoms with E-state index in [1.54, 1.807) is 30.5 Å².